The predicted molar refractivity (Wildman–Crippen MR) is 94.4 cm³/mol. The van der Waals surface area contributed by atoms with E-state index in [1.807, 2.05) is 0 Å². The molecular formula is C21H36O3. The summed E-state index contributed by atoms with van der Waals surface area (Å²) in [7, 11) is 0. The van der Waals surface area contributed by atoms with Gasteiger partial charge in [0.05, 0.1) is 17.8 Å². The zero-order valence-corrected chi connectivity index (χ0v) is 15.7. The van der Waals surface area contributed by atoms with Crippen LogP contribution in [0.2, 0.25) is 0 Å². The summed E-state index contributed by atoms with van der Waals surface area (Å²) < 4.78 is 0. The number of aliphatic hydroxyl groups excluding tert-OH is 2. The Hall–Kier alpha value is -0.120. The monoisotopic (exact) mass is 336 g/mol. The summed E-state index contributed by atoms with van der Waals surface area (Å²) in [6.07, 6.45) is 7.97. The molecule has 0 saturated heterocycles. The third kappa shape index (κ3) is 2.01. The lowest BCUT2D eigenvalue weighted by atomic mass is 9.42. The molecule has 9 atom stereocenters. The van der Waals surface area contributed by atoms with Crippen LogP contribution in [0.4, 0.5) is 0 Å². The van der Waals surface area contributed by atoms with Gasteiger partial charge in [0, 0.05) is 11.8 Å². The molecule has 3 heteroatoms. The van der Waals surface area contributed by atoms with E-state index in [2.05, 4.69) is 20.8 Å². The van der Waals surface area contributed by atoms with Crippen LogP contribution in [0.5, 0.6) is 0 Å². The lowest BCUT2D eigenvalue weighted by Crippen LogP contribution is -2.68. The van der Waals surface area contributed by atoms with Crippen molar-refractivity contribution >= 4 is 0 Å². The van der Waals surface area contributed by atoms with Gasteiger partial charge in [0.25, 0.3) is 0 Å². The van der Waals surface area contributed by atoms with Gasteiger partial charge >= 0.3 is 0 Å². The van der Waals surface area contributed by atoms with Gasteiger partial charge in [-0.05, 0) is 74.0 Å². The van der Waals surface area contributed by atoms with E-state index in [1.165, 1.54) is 32.1 Å². The van der Waals surface area contributed by atoms with E-state index in [4.69, 9.17) is 0 Å². The van der Waals surface area contributed by atoms with Gasteiger partial charge < -0.3 is 15.3 Å². The van der Waals surface area contributed by atoms with Crippen molar-refractivity contribution in [2.24, 2.45) is 34.5 Å². The first-order valence-corrected chi connectivity index (χ1v) is 10.3. The quantitative estimate of drug-likeness (QED) is 0.687. The molecule has 0 spiro atoms. The van der Waals surface area contributed by atoms with Crippen LogP contribution in [0.15, 0.2) is 0 Å². The highest BCUT2D eigenvalue weighted by Gasteiger charge is 2.67. The molecule has 0 bridgehead atoms. The Bertz CT molecular complexity index is 507. The fourth-order valence-electron chi connectivity index (χ4n) is 8.04. The molecule has 0 aromatic heterocycles. The second-order valence-corrected chi connectivity index (χ2v) is 10.1. The number of hydrogen-bond donors (Lipinski definition) is 3. The Kier molecular flexibility index (Phi) is 3.92. The molecule has 4 rings (SSSR count). The first kappa shape index (κ1) is 17.3. The molecule has 3 unspecified atom stereocenters. The maximum Gasteiger partial charge on any atom is 0.0985 e. The predicted octanol–water partition coefficient (Wildman–Crippen LogP) is 3.50. The minimum absolute atomic E-state index is 0.236. The first-order chi connectivity index (χ1) is 11.3. The minimum atomic E-state index is -1.09. The zero-order chi connectivity index (χ0) is 17.3. The van der Waals surface area contributed by atoms with Crippen LogP contribution < -0.4 is 0 Å². The summed E-state index contributed by atoms with van der Waals surface area (Å²) in [4.78, 5) is 0. The van der Waals surface area contributed by atoms with Crippen LogP contribution in [0.3, 0.4) is 0 Å². The normalized spacial score (nSPS) is 60.2. The van der Waals surface area contributed by atoms with Crippen molar-refractivity contribution in [1.29, 1.82) is 0 Å². The van der Waals surface area contributed by atoms with Gasteiger partial charge in [0.15, 0.2) is 0 Å². The third-order valence-corrected chi connectivity index (χ3v) is 9.52. The molecule has 24 heavy (non-hydrogen) atoms. The number of hydrogen-bond acceptors (Lipinski definition) is 3. The molecule has 3 nitrogen and oxygen atoms in total. The van der Waals surface area contributed by atoms with Crippen molar-refractivity contribution in [2.45, 2.75) is 96.4 Å². The highest BCUT2D eigenvalue weighted by molar-refractivity contribution is 5.16. The molecule has 0 heterocycles. The third-order valence-electron chi connectivity index (χ3n) is 9.52. The molecule has 0 aromatic carbocycles. The van der Waals surface area contributed by atoms with E-state index >= 15 is 0 Å². The minimum Gasteiger partial charge on any atom is -0.393 e. The summed E-state index contributed by atoms with van der Waals surface area (Å²) in [5.74, 6) is 2.61. The maximum absolute atomic E-state index is 11.4. The molecular weight excluding hydrogens is 300 g/mol. The Balaban J connectivity index is 1.69. The maximum atomic E-state index is 11.4. The Labute approximate surface area is 146 Å². The number of rotatable bonds is 1. The second-order valence-electron chi connectivity index (χ2n) is 10.1. The topological polar surface area (TPSA) is 60.7 Å². The Morgan fingerprint density at radius 3 is 2.42 bits per heavy atom. The molecule has 0 aromatic rings. The lowest BCUT2D eigenvalue weighted by Gasteiger charge is -2.65. The van der Waals surface area contributed by atoms with E-state index in [-0.39, 0.29) is 5.41 Å². The van der Waals surface area contributed by atoms with Crippen LogP contribution in [0.1, 0.15) is 78.6 Å². The molecule has 4 fully saturated rings. The van der Waals surface area contributed by atoms with Crippen molar-refractivity contribution < 1.29 is 15.3 Å². The standard InChI is InChI=1S/C21H36O3/c1-4-13-5-6-16-15-11-18(23)21(24)12-14(22)7-10-20(21,3)17(15)8-9-19(13,16)2/h13-18,22-24H,4-12H2,1-3H3/t13-,14-,15?,16?,17?,18-,19+,20+,21-/m0/s1. The van der Waals surface area contributed by atoms with Crippen LogP contribution in [0, 0.1) is 34.5 Å². The van der Waals surface area contributed by atoms with Gasteiger partial charge in [0.1, 0.15) is 0 Å². The smallest absolute Gasteiger partial charge is 0.0985 e. The highest BCUT2D eigenvalue weighted by atomic mass is 16.3. The Morgan fingerprint density at radius 1 is 0.958 bits per heavy atom. The van der Waals surface area contributed by atoms with Crippen LogP contribution >= 0.6 is 0 Å². The van der Waals surface area contributed by atoms with E-state index in [1.54, 1.807) is 0 Å². The number of aliphatic hydroxyl groups is 3. The van der Waals surface area contributed by atoms with Crippen LogP contribution in [-0.2, 0) is 0 Å². The van der Waals surface area contributed by atoms with Crippen molar-refractivity contribution in [3.63, 3.8) is 0 Å². The van der Waals surface area contributed by atoms with E-state index in [0.717, 1.165) is 25.2 Å². The fourth-order valence-corrected chi connectivity index (χ4v) is 8.04. The van der Waals surface area contributed by atoms with Crippen molar-refractivity contribution in [3.05, 3.63) is 0 Å². The average molecular weight is 337 g/mol. The molecule has 0 radical (unpaired) electrons. The highest BCUT2D eigenvalue weighted by Crippen LogP contribution is 2.68. The molecule has 4 aliphatic rings. The SMILES string of the molecule is CC[C@H]1CCC2C3C[C@H](O)[C@@]4(O)C[C@@H](O)CC[C@]4(C)C3CC[C@@]21C. The summed E-state index contributed by atoms with van der Waals surface area (Å²) in [5.41, 5.74) is -0.891. The van der Waals surface area contributed by atoms with Gasteiger partial charge in [-0.25, -0.2) is 0 Å². The largest absolute Gasteiger partial charge is 0.393 e. The van der Waals surface area contributed by atoms with Crippen LogP contribution in [-0.4, -0.2) is 33.1 Å². The van der Waals surface area contributed by atoms with Gasteiger partial charge in [-0.2, -0.15) is 0 Å². The molecule has 4 aliphatic carbocycles. The average Bonchev–Trinajstić information content (AvgIpc) is 2.87. The van der Waals surface area contributed by atoms with E-state index in [0.29, 0.717) is 29.6 Å². The second kappa shape index (κ2) is 5.44. The molecule has 0 amide bonds. The van der Waals surface area contributed by atoms with Gasteiger partial charge in [-0.15, -0.1) is 0 Å². The summed E-state index contributed by atoms with van der Waals surface area (Å²) >= 11 is 0. The van der Waals surface area contributed by atoms with Gasteiger partial charge in [0.2, 0.25) is 0 Å². The lowest BCUT2D eigenvalue weighted by molar-refractivity contribution is -0.264. The molecule has 0 aliphatic heterocycles. The first-order valence-electron chi connectivity index (χ1n) is 10.3. The zero-order valence-electron chi connectivity index (χ0n) is 15.7. The summed E-state index contributed by atoms with van der Waals surface area (Å²) in [5, 5.41) is 32.5. The Morgan fingerprint density at radius 2 is 1.71 bits per heavy atom. The van der Waals surface area contributed by atoms with Crippen LogP contribution in [0.25, 0.3) is 0 Å². The van der Waals surface area contributed by atoms with Crippen molar-refractivity contribution in [1.82, 2.24) is 0 Å². The van der Waals surface area contributed by atoms with Crippen molar-refractivity contribution in [2.75, 3.05) is 0 Å². The van der Waals surface area contributed by atoms with Gasteiger partial charge in [-0.3, -0.25) is 0 Å². The van der Waals surface area contributed by atoms with E-state index in [9.17, 15) is 15.3 Å². The number of fused-ring (bicyclic) bond motifs is 5. The molecule has 3 N–H and O–H groups in total. The summed E-state index contributed by atoms with van der Waals surface area (Å²) in [6, 6.07) is 0. The van der Waals surface area contributed by atoms with E-state index < -0.39 is 17.8 Å². The molecule has 4 saturated carbocycles. The summed E-state index contributed by atoms with van der Waals surface area (Å²) in [6.45, 7) is 7.06. The van der Waals surface area contributed by atoms with Crippen molar-refractivity contribution in [3.8, 4) is 0 Å². The molecule has 138 valence electrons. The fraction of sp³-hybridized carbons (Fsp3) is 1.00. The van der Waals surface area contributed by atoms with Gasteiger partial charge in [-0.1, -0.05) is 27.2 Å².